The van der Waals surface area contributed by atoms with Gasteiger partial charge in [-0.05, 0) is 17.5 Å². The van der Waals surface area contributed by atoms with Gasteiger partial charge < -0.3 is 10.1 Å². The van der Waals surface area contributed by atoms with Crippen molar-refractivity contribution in [2.75, 3.05) is 12.4 Å². The number of carbonyl (C=O) groups excluding carboxylic acids is 1. The fourth-order valence-corrected chi connectivity index (χ4v) is 2.30. The van der Waals surface area contributed by atoms with E-state index in [1.165, 1.54) is 5.56 Å². The quantitative estimate of drug-likeness (QED) is 0.871. The fraction of sp³-hybridized carbons (Fsp3) is 0.278. The summed E-state index contributed by atoms with van der Waals surface area (Å²) in [5.41, 5.74) is 2.99. The Morgan fingerprint density at radius 1 is 1.10 bits per heavy atom. The molecular formula is C18H21NO2. The molecule has 3 heteroatoms. The second-order valence-corrected chi connectivity index (χ2v) is 5.15. The molecular weight excluding hydrogens is 262 g/mol. The van der Waals surface area contributed by atoms with Crippen LogP contribution >= 0.6 is 0 Å². The average Bonchev–Trinajstić information content (AvgIpc) is 2.50. The van der Waals surface area contributed by atoms with Crippen LogP contribution in [0.2, 0.25) is 0 Å². The van der Waals surface area contributed by atoms with E-state index in [4.69, 9.17) is 4.74 Å². The zero-order valence-electron chi connectivity index (χ0n) is 12.5. The van der Waals surface area contributed by atoms with Crippen molar-refractivity contribution in [1.29, 1.82) is 0 Å². The van der Waals surface area contributed by atoms with Crippen LogP contribution in [0.4, 0.5) is 5.69 Å². The maximum absolute atomic E-state index is 12.2. The van der Waals surface area contributed by atoms with E-state index in [0.29, 0.717) is 13.0 Å². The van der Waals surface area contributed by atoms with Crippen molar-refractivity contribution in [3.8, 4) is 0 Å². The number of hydrogen-bond acceptors (Lipinski definition) is 2. The Bertz CT molecular complexity index is 581. The smallest absolute Gasteiger partial charge is 0.224 e. The van der Waals surface area contributed by atoms with E-state index in [-0.39, 0.29) is 11.8 Å². The zero-order chi connectivity index (χ0) is 15.1. The van der Waals surface area contributed by atoms with Crippen molar-refractivity contribution in [1.82, 2.24) is 0 Å². The number of hydrogen-bond donors (Lipinski definition) is 1. The van der Waals surface area contributed by atoms with Gasteiger partial charge in [0.2, 0.25) is 5.91 Å². The molecule has 0 aromatic heterocycles. The molecule has 1 amide bonds. The molecule has 0 aliphatic rings. The summed E-state index contributed by atoms with van der Waals surface area (Å²) >= 11 is 0. The third kappa shape index (κ3) is 4.43. The largest absolute Gasteiger partial charge is 0.380 e. The van der Waals surface area contributed by atoms with E-state index < -0.39 is 0 Å². The van der Waals surface area contributed by atoms with Crippen molar-refractivity contribution < 1.29 is 9.53 Å². The van der Waals surface area contributed by atoms with E-state index in [9.17, 15) is 4.79 Å². The summed E-state index contributed by atoms with van der Waals surface area (Å²) in [7, 11) is 1.65. The number of amides is 1. The third-order valence-corrected chi connectivity index (χ3v) is 3.45. The molecule has 21 heavy (non-hydrogen) atoms. The van der Waals surface area contributed by atoms with Gasteiger partial charge in [-0.2, -0.15) is 0 Å². The summed E-state index contributed by atoms with van der Waals surface area (Å²) in [6.07, 6.45) is 0.464. The van der Waals surface area contributed by atoms with Crippen LogP contribution in [0.25, 0.3) is 0 Å². The maximum Gasteiger partial charge on any atom is 0.224 e. The van der Waals surface area contributed by atoms with Crippen molar-refractivity contribution in [3.05, 3.63) is 65.7 Å². The summed E-state index contributed by atoms with van der Waals surface area (Å²) in [5, 5.41) is 2.98. The number of methoxy groups -OCH3 is 1. The second-order valence-electron chi connectivity index (χ2n) is 5.15. The van der Waals surface area contributed by atoms with Crippen molar-refractivity contribution in [3.63, 3.8) is 0 Å². The lowest BCUT2D eigenvalue weighted by Gasteiger charge is -2.14. The Morgan fingerprint density at radius 3 is 2.48 bits per heavy atom. The number of benzene rings is 2. The molecule has 0 aliphatic heterocycles. The average molecular weight is 283 g/mol. The van der Waals surface area contributed by atoms with Gasteiger partial charge in [-0.25, -0.2) is 0 Å². The number of nitrogens with one attached hydrogen (secondary N) is 1. The van der Waals surface area contributed by atoms with Gasteiger partial charge in [-0.15, -0.1) is 0 Å². The number of carbonyl (C=O) groups is 1. The van der Waals surface area contributed by atoms with Gasteiger partial charge in [-0.1, -0.05) is 55.5 Å². The first kappa shape index (κ1) is 15.3. The first-order valence-electron chi connectivity index (χ1n) is 7.12. The fourth-order valence-electron chi connectivity index (χ4n) is 2.30. The molecule has 0 bridgehead atoms. The molecule has 0 aliphatic carbocycles. The van der Waals surface area contributed by atoms with Gasteiger partial charge in [-0.3, -0.25) is 4.79 Å². The molecule has 0 fully saturated rings. The normalized spacial score (nSPS) is 11.9. The van der Waals surface area contributed by atoms with Gasteiger partial charge in [0.05, 0.1) is 6.61 Å². The predicted molar refractivity (Wildman–Crippen MR) is 85.3 cm³/mol. The molecule has 1 N–H and O–H groups in total. The Labute approximate surface area is 126 Å². The summed E-state index contributed by atoms with van der Waals surface area (Å²) in [5.74, 6) is 0.218. The lowest BCUT2D eigenvalue weighted by Crippen LogP contribution is -2.15. The molecule has 2 rings (SSSR count). The summed E-state index contributed by atoms with van der Waals surface area (Å²) in [4.78, 5) is 12.2. The Hall–Kier alpha value is -2.13. The summed E-state index contributed by atoms with van der Waals surface area (Å²) in [6, 6.07) is 17.8. The van der Waals surface area contributed by atoms with Crippen LogP contribution in [0.1, 0.15) is 30.4 Å². The molecule has 0 saturated carbocycles. The van der Waals surface area contributed by atoms with Crippen molar-refractivity contribution >= 4 is 11.6 Å². The van der Waals surface area contributed by atoms with Gasteiger partial charge in [0, 0.05) is 24.8 Å². The van der Waals surface area contributed by atoms with Crippen LogP contribution in [0.15, 0.2) is 54.6 Å². The van der Waals surface area contributed by atoms with Crippen LogP contribution in [0, 0.1) is 0 Å². The van der Waals surface area contributed by atoms with E-state index in [1.54, 1.807) is 7.11 Å². The molecule has 1 unspecified atom stereocenters. The number of para-hydroxylation sites is 1. The minimum absolute atomic E-state index is 0.0231. The molecule has 2 aromatic carbocycles. The highest BCUT2D eigenvalue weighted by Crippen LogP contribution is 2.21. The third-order valence-electron chi connectivity index (χ3n) is 3.45. The van der Waals surface area contributed by atoms with Gasteiger partial charge >= 0.3 is 0 Å². The van der Waals surface area contributed by atoms with E-state index in [0.717, 1.165) is 11.3 Å². The molecule has 110 valence electrons. The lowest BCUT2D eigenvalue weighted by molar-refractivity contribution is -0.116. The highest BCUT2D eigenvalue weighted by Gasteiger charge is 2.12. The first-order chi connectivity index (χ1) is 10.2. The summed E-state index contributed by atoms with van der Waals surface area (Å²) in [6.45, 7) is 2.56. The number of anilines is 1. The molecule has 0 radical (unpaired) electrons. The summed E-state index contributed by atoms with van der Waals surface area (Å²) < 4.78 is 5.15. The molecule has 0 spiro atoms. The molecule has 1 atom stereocenters. The van der Waals surface area contributed by atoms with Crippen LogP contribution in [-0.4, -0.2) is 13.0 Å². The van der Waals surface area contributed by atoms with Gasteiger partial charge in [0.25, 0.3) is 0 Å². The zero-order valence-corrected chi connectivity index (χ0v) is 12.5. The molecule has 3 nitrogen and oxygen atoms in total. The van der Waals surface area contributed by atoms with Crippen LogP contribution in [-0.2, 0) is 16.1 Å². The van der Waals surface area contributed by atoms with E-state index in [2.05, 4.69) is 24.4 Å². The standard InChI is InChI=1S/C18H21NO2/c1-14(15-8-4-3-5-9-15)12-18(20)19-17-11-7-6-10-16(17)13-21-2/h3-11,14H,12-13H2,1-2H3,(H,19,20). The monoisotopic (exact) mass is 283 g/mol. The van der Waals surface area contributed by atoms with Gasteiger partial charge in [0.1, 0.15) is 0 Å². The lowest BCUT2D eigenvalue weighted by atomic mass is 9.97. The van der Waals surface area contributed by atoms with Crippen molar-refractivity contribution in [2.45, 2.75) is 25.9 Å². The van der Waals surface area contributed by atoms with E-state index in [1.807, 2.05) is 42.5 Å². The Kier molecular flexibility index (Phi) is 5.52. The van der Waals surface area contributed by atoms with Crippen LogP contribution in [0.3, 0.4) is 0 Å². The SMILES string of the molecule is COCc1ccccc1NC(=O)CC(C)c1ccccc1. The van der Waals surface area contributed by atoms with Crippen LogP contribution < -0.4 is 5.32 Å². The Balaban J connectivity index is 1.99. The minimum Gasteiger partial charge on any atom is -0.380 e. The first-order valence-corrected chi connectivity index (χ1v) is 7.12. The highest BCUT2D eigenvalue weighted by molar-refractivity contribution is 5.92. The maximum atomic E-state index is 12.2. The predicted octanol–water partition coefficient (Wildman–Crippen LogP) is 3.97. The van der Waals surface area contributed by atoms with E-state index >= 15 is 0 Å². The van der Waals surface area contributed by atoms with Crippen LogP contribution in [0.5, 0.6) is 0 Å². The molecule has 0 heterocycles. The highest BCUT2D eigenvalue weighted by atomic mass is 16.5. The number of ether oxygens (including phenoxy) is 1. The molecule has 0 saturated heterocycles. The molecule has 2 aromatic rings. The topological polar surface area (TPSA) is 38.3 Å². The van der Waals surface area contributed by atoms with Crippen molar-refractivity contribution in [2.24, 2.45) is 0 Å². The Morgan fingerprint density at radius 2 is 1.76 bits per heavy atom. The minimum atomic E-state index is 0.0231. The van der Waals surface area contributed by atoms with Gasteiger partial charge in [0.15, 0.2) is 0 Å². The second kappa shape index (κ2) is 7.60. The number of rotatable bonds is 6.